The summed E-state index contributed by atoms with van der Waals surface area (Å²) in [5.74, 6) is 0.278. The van der Waals surface area contributed by atoms with Gasteiger partial charge in [0.2, 0.25) is 5.91 Å². The maximum Gasteiger partial charge on any atom is 0.323 e. The molecule has 1 saturated heterocycles. The van der Waals surface area contributed by atoms with E-state index in [2.05, 4.69) is 15.8 Å². The number of hydrogen-bond acceptors (Lipinski definition) is 4. The minimum atomic E-state index is -0.423. The second kappa shape index (κ2) is 6.19. The molecule has 7 nitrogen and oxygen atoms in total. The first-order valence-corrected chi connectivity index (χ1v) is 8.18. The zero-order chi connectivity index (χ0) is 17.4. The first-order valence-electron chi connectivity index (χ1n) is 8.18. The molecule has 8 heteroatoms. The van der Waals surface area contributed by atoms with Crippen molar-refractivity contribution < 1.29 is 18.5 Å². The lowest BCUT2D eigenvalue weighted by molar-refractivity contribution is -0.123. The summed E-state index contributed by atoms with van der Waals surface area (Å²) in [6, 6.07) is 7.32. The van der Waals surface area contributed by atoms with Crippen LogP contribution in [0.4, 0.5) is 15.0 Å². The summed E-state index contributed by atoms with van der Waals surface area (Å²) in [5.41, 5.74) is 0.280. The van der Waals surface area contributed by atoms with Crippen LogP contribution in [0.2, 0.25) is 0 Å². The molecule has 0 spiro atoms. The molecule has 2 heterocycles. The van der Waals surface area contributed by atoms with Gasteiger partial charge in [-0.2, -0.15) is 0 Å². The second-order valence-corrected chi connectivity index (χ2v) is 6.37. The third kappa shape index (κ3) is 3.33. The highest BCUT2D eigenvalue weighted by atomic mass is 19.1. The van der Waals surface area contributed by atoms with Gasteiger partial charge in [0, 0.05) is 25.1 Å². The van der Waals surface area contributed by atoms with Crippen molar-refractivity contribution in [3.05, 3.63) is 36.1 Å². The normalized spacial score (nSPS) is 17.1. The molecule has 0 unspecified atom stereocenters. The number of carbonyl (C=O) groups is 2. The van der Waals surface area contributed by atoms with Gasteiger partial charge in [0.15, 0.2) is 11.6 Å². The van der Waals surface area contributed by atoms with Crippen molar-refractivity contribution >= 4 is 17.8 Å². The third-order valence-electron chi connectivity index (χ3n) is 4.35. The Morgan fingerprint density at radius 2 is 2.00 bits per heavy atom. The van der Waals surface area contributed by atoms with Crippen molar-refractivity contribution in [3.63, 3.8) is 0 Å². The molecule has 2 aliphatic rings. The fraction of sp³-hybridized carbons (Fsp3) is 0.353. The number of anilines is 1. The van der Waals surface area contributed by atoms with E-state index >= 15 is 0 Å². The number of urea groups is 1. The molecule has 1 aliphatic carbocycles. The van der Waals surface area contributed by atoms with Gasteiger partial charge in [-0.05, 0) is 25.0 Å². The third-order valence-corrected chi connectivity index (χ3v) is 4.35. The number of hydrogen-bond donors (Lipinski definition) is 2. The Balaban J connectivity index is 1.30. The van der Waals surface area contributed by atoms with Gasteiger partial charge in [-0.15, -0.1) is 0 Å². The van der Waals surface area contributed by atoms with Gasteiger partial charge in [0.1, 0.15) is 5.82 Å². The van der Waals surface area contributed by atoms with E-state index in [1.165, 1.54) is 12.1 Å². The Bertz CT molecular complexity index is 812. The molecule has 1 aliphatic heterocycles. The van der Waals surface area contributed by atoms with Crippen molar-refractivity contribution in [3.8, 4) is 11.3 Å². The lowest BCUT2D eigenvalue weighted by atomic mass is 10.1. The lowest BCUT2D eigenvalue weighted by Crippen LogP contribution is -2.62. The van der Waals surface area contributed by atoms with E-state index in [1.807, 2.05) is 0 Å². The maximum absolute atomic E-state index is 13.7. The minimum Gasteiger partial charge on any atom is -0.354 e. The Hall–Kier alpha value is -2.90. The summed E-state index contributed by atoms with van der Waals surface area (Å²) in [7, 11) is 0. The van der Waals surface area contributed by atoms with Crippen LogP contribution >= 0.6 is 0 Å². The largest absolute Gasteiger partial charge is 0.354 e. The highest BCUT2D eigenvalue weighted by Crippen LogP contribution is 2.29. The molecule has 2 aromatic rings. The van der Waals surface area contributed by atoms with Crippen molar-refractivity contribution in [1.29, 1.82) is 0 Å². The quantitative estimate of drug-likeness (QED) is 0.890. The molecule has 1 aromatic heterocycles. The van der Waals surface area contributed by atoms with Crippen LogP contribution in [0, 0.1) is 11.7 Å². The zero-order valence-electron chi connectivity index (χ0n) is 13.4. The SMILES string of the molecule is O=C(NC1CN(C(=O)Nc2cc(-c3ccccc3F)on2)C1)C1CC1. The summed E-state index contributed by atoms with van der Waals surface area (Å²) < 4.78 is 18.8. The number of amides is 3. The number of likely N-dealkylation sites (tertiary alicyclic amines) is 1. The van der Waals surface area contributed by atoms with Crippen LogP contribution in [0.1, 0.15) is 12.8 Å². The Morgan fingerprint density at radius 1 is 1.24 bits per heavy atom. The first-order chi connectivity index (χ1) is 12.1. The van der Waals surface area contributed by atoms with E-state index in [4.69, 9.17) is 4.52 Å². The molecule has 2 N–H and O–H groups in total. The molecule has 0 bridgehead atoms. The van der Waals surface area contributed by atoms with Gasteiger partial charge in [-0.3, -0.25) is 10.1 Å². The number of benzene rings is 1. The highest BCUT2D eigenvalue weighted by molar-refractivity contribution is 5.89. The molecule has 0 radical (unpaired) electrons. The van der Waals surface area contributed by atoms with Crippen LogP contribution in [-0.4, -0.2) is 41.1 Å². The first kappa shape index (κ1) is 15.6. The summed E-state index contributed by atoms with van der Waals surface area (Å²) in [6.07, 6.45) is 1.92. The van der Waals surface area contributed by atoms with Crippen LogP contribution in [0.15, 0.2) is 34.9 Å². The number of carbonyl (C=O) groups excluding carboxylic acids is 2. The number of rotatable bonds is 4. The van der Waals surface area contributed by atoms with E-state index in [9.17, 15) is 14.0 Å². The van der Waals surface area contributed by atoms with Gasteiger partial charge >= 0.3 is 6.03 Å². The number of nitrogens with one attached hydrogen (secondary N) is 2. The Morgan fingerprint density at radius 3 is 2.72 bits per heavy atom. The molecule has 130 valence electrons. The molecule has 1 saturated carbocycles. The summed E-state index contributed by atoms with van der Waals surface area (Å²) >= 11 is 0. The van der Waals surface area contributed by atoms with E-state index in [0.717, 1.165) is 12.8 Å². The second-order valence-electron chi connectivity index (χ2n) is 6.37. The highest BCUT2D eigenvalue weighted by Gasteiger charge is 2.36. The fourth-order valence-corrected chi connectivity index (χ4v) is 2.71. The van der Waals surface area contributed by atoms with Crippen LogP contribution in [0.3, 0.4) is 0 Å². The minimum absolute atomic E-state index is 0.00475. The van der Waals surface area contributed by atoms with Crippen LogP contribution in [0.5, 0.6) is 0 Å². The average molecular weight is 344 g/mol. The van der Waals surface area contributed by atoms with E-state index in [0.29, 0.717) is 13.1 Å². The molecule has 1 aromatic carbocycles. The smallest absolute Gasteiger partial charge is 0.323 e. The molecule has 0 atom stereocenters. The predicted molar refractivity (Wildman–Crippen MR) is 87.1 cm³/mol. The maximum atomic E-state index is 13.7. The fourth-order valence-electron chi connectivity index (χ4n) is 2.71. The molecular weight excluding hydrogens is 327 g/mol. The van der Waals surface area contributed by atoms with Gasteiger partial charge < -0.3 is 14.7 Å². The van der Waals surface area contributed by atoms with Gasteiger partial charge in [0.25, 0.3) is 0 Å². The van der Waals surface area contributed by atoms with Crippen LogP contribution in [0.25, 0.3) is 11.3 Å². The van der Waals surface area contributed by atoms with Crippen molar-refractivity contribution in [2.45, 2.75) is 18.9 Å². The number of aromatic nitrogens is 1. The molecular formula is C17H17FN4O3. The van der Waals surface area contributed by atoms with Crippen LogP contribution < -0.4 is 10.6 Å². The van der Waals surface area contributed by atoms with E-state index in [1.54, 1.807) is 23.1 Å². The van der Waals surface area contributed by atoms with Crippen molar-refractivity contribution in [2.24, 2.45) is 5.92 Å². The van der Waals surface area contributed by atoms with Crippen molar-refractivity contribution in [1.82, 2.24) is 15.4 Å². The zero-order valence-corrected chi connectivity index (χ0v) is 13.4. The van der Waals surface area contributed by atoms with Gasteiger partial charge in [0.05, 0.1) is 11.6 Å². The monoisotopic (exact) mass is 344 g/mol. The Kier molecular flexibility index (Phi) is 3.87. The van der Waals surface area contributed by atoms with E-state index in [-0.39, 0.29) is 41.0 Å². The molecule has 2 fully saturated rings. The Labute approximate surface area is 143 Å². The van der Waals surface area contributed by atoms with Crippen LogP contribution in [-0.2, 0) is 4.79 Å². The standard InChI is InChI=1S/C17H17FN4O3/c18-13-4-2-1-3-12(13)14-7-15(21-25-14)20-17(24)22-8-11(9-22)19-16(23)10-5-6-10/h1-4,7,10-11H,5-6,8-9H2,(H,19,23)(H,20,21,24). The summed E-state index contributed by atoms with van der Waals surface area (Å²) in [6.45, 7) is 0.921. The van der Waals surface area contributed by atoms with Gasteiger partial charge in [-0.25, -0.2) is 9.18 Å². The molecule has 4 rings (SSSR count). The summed E-state index contributed by atoms with van der Waals surface area (Å²) in [4.78, 5) is 25.4. The van der Waals surface area contributed by atoms with Crippen molar-refractivity contribution in [2.75, 3.05) is 18.4 Å². The number of halogens is 1. The summed E-state index contributed by atoms with van der Waals surface area (Å²) in [5, 5.41) is 9.28. The molecule has 25 heavy (non-hydrogen) atoms. The topological polar surface area (TPSA) is 87.5 Å². The predicted octanol–water partition coefficient (Wildman–Crippen LogP) is 2.22. The average Bonchev–Trinajstić information content (AvgIpc) is 3.31. The lowest BCUT2D eigenvalue weighted by Gasteiger charge is -2.39. The van der Waals surface area contributed by atoms with Gasteiger partial charge in [-0.1, -0.05) is 17.3 Å². The number of nitrogens with zero attached hydrogens (tertiary/aromatic N) is 2. The van der Waals surface area contributed by atoms with E-state index < -0.39 is 5.82 Å². The molecule has 3 amide bonds.